The highest BCUT2D eigenvalue weighted by molar-refractivity contribution is 5.44. The molecule has 2 aromatic rings. The van der Waals surface area contributed by atoms with Gasteiger partial charge < -0.3 is 9.84 Å². The number of aromatic nitrogens is 1. The van der Waals surface area contributed by atoms with Gasteiger partial charge in [-0.2, -0.15) is 5.26 Å². The quantitative estimate of drug-likeness (QED) is 0.895. The van der Waals surface area contributed by atoms with E-state index in [4.69, 9.17) is 10.00 Å². The van der Waals surface area contributed by atoms with Crippen molar-refractivity contribution in [2.24, 2.45) is 0 Å². The Balaban J connectivity index is 2.22. The SMILES string of the molecule is CC(O)c1ccc(Oc2ccccc2C#N)nc1. The molecule has 0 spiro atoms. The molecular formula is C14H12N2O2. The average Bonchev–Trinajstić information content (AvgIpc) is 2.40. The minimum absolute atomic E-state index is 0.391. The summed E-state index contributed by atoms with van der Waals surface area (Å²) in [4.78, 5) is 4.08. The third-order valence-electron chi connectivity index (χ3n) is 2.46. The first-order valence-electron chi connectivity index (χ1n) is 5.51. The molecule has 4 heteroatoms. The van der Waals surface area contributed by atoms with Crippen molar-refractivity contribution < 1.29 is 9.84 Å². The van der Waals surface area contributed by atoms with Crippen molar-refractivity contribution in [3.8, 4) is 17.7 Å². The van der Waals surface area contributed by atoms with Gasteiger partial charge in [-0.1, -0.05) is 12.1 Å². The first kappa shape index (κ1) is 12.1. The smallest absolute Gasteiger partial charge is 0.219 e. The summed E-state index contributed by atoms with van der Waals surface area (Å²) in [6, 6.07) is 12.4. The lowest BCUT2D eigenvalue weighted by atomic mass is 10.2. The molecule has 1 heterocycles. The average molecular weight is 240 g/mol. The van der Waals surface area contributed by atoms with E-state index < -0.39 is 6.10 Å². The van der Waals surface area contributed by atoms with Crippen molar-refractivity contribution in [3.05, 3.63) is 53.7 Å². The minimum Gasteiger partial charge on any atom is -0.438 e. The Kier molecular flexibility index (Phi) is 3.56. The van der Waals surface area contributed by atoms with Crippen molar-refractivity contribution in [1.82, 2.24) is 4.98 Å². The lowest BCUT2D eigenvalue weighted by Crippen LogP contribution is -1.94. The van der Waals surface area contributed by atoms with Crippen molar-refractivity contribution in [1.29, 1.82) is 5.26 Å². The molecule has 0 aliphatic heterocycles. The molecule has 0 amide bonds. The summed E-state index contributed by atoms with van der Waals surface area (Å²) >= 11 is 0. The van der Waals surface area contributed by atoms with Gasteiger partial charge in [-0.3, -0.25) is 0 Å². The zero-order valence-electron chi connectivity index (χ0n) is 9.87. The van der Waals surface area contributed by atoms with E-state index in [0.29, 0.717) is 17.2 Å². The molecule has 0 saturated carbocycles. The van der Waals surface area contributed by atoms with Gasteiger partial charge in [-0.25, -0.2) is 4.98 Å². The van der Waals surface area contributed by atoms with Crippen molar-refractivity contribution in [2.75, 3.05) is 0 Å². The van der Waals surface area contributed by atoms with Gasteiger partial charge in [0, 0.05) is 12.3 Å². The van der Waals surface area contributed by atoms with Crippen LogP contribution >= 0.6 is 0 Å². The Morgan fingerprint density at radius 1 is 1.28 bits per heavy atom. The topological polar surface area (TPSA) is 66.1 Å². The van der Waals surface area contributed by atoms with E-state index in [1.807, 2.05) is 0 Å². The van der Waals surface area contributed by atoms with Crippen LogP contribution < -0.4 is 4.74 Å². The summed E-state index contributed by atoms with van der Waals surface area (Å²) in [5.74, 6) is 0.861. The second-order valence-electron chi connectivity index (χ2n) is 3.82. The third kappa shape index (κ3) is 2.65. The van der Waals surface area contributed by atoms with Gasteiger partial charge in [0.15, 0.2) is 0 Å². The molecule has 0 radical (unpaired) electrons. The fourth-order valence-corrected chi connectivity index (χ4v) is 1.46. The minimum atomic E-state index is -0.557. The Morgan fingerprint density at radius 3 is 2.67 bits per heavy atom. The van der Waals surface area contributed by atoms with Gasteiger partial charge in [-0.15, -0.1) is 0 Å². The molecular weight excluding hydrogens is 228 g/mol. The molecule has 90 valence electrons. The van der Waals surface area contributed by atoms with E-state index in [2.05, 4.69) is 11.1 Å². The molecule has 1 N–H and O–H groups in total. The number of rotatable bonds is 3. The van der Waals surface area contributed by atoms with Gasteiger partial charge >= 0.3 is 0 Å². The number of benzene rings is 1. The van der Waals surface area contributed by atoms with Crippen LogP contribution in [0.1, 0.15) is 24.2 Å². The predicted octanol–water partition coefficient (Wildman–Crippen LogP) is 2.80. The standard InChI is InChI=1S/C14H12N2O2/c1-10(17)12-6-7-14(16-9-12)18-13-5-3-2-4-11(13)8-15/h2-7,9-10,17H,1H3. The maximum atomic E-state index is 9.36. The number of nitriles is 1. The molecule has 1 aromatic heterocycles. The van der Waals surface area contributed by atoms with Crippen LogP contribution in [0, 0.1) is 11.3 Å². The molecule has 18 heavy (non-hydrogen) atoms. The maximum absolute atomic E-state index is 9.36. The summed E-state index contributed by atoms with van der Waals surface area (Å²) in [7, 11) is 0. The molecule has 1 atom stereocenters. The van der Waals surface area contributed by atoms with Crippen LogP contribution in [0.5, 0.6) is 11.6 Å². The number of hydrogen-bond donors (Lipinski definition) is 1. The van der Waals surface area contributed by atoms with E-state index in [1.165, 1.54) is 0 Å². The van der Waals surface area contributed by atoms with E-state index >= 15 is 0 Å². The van der Waals surface area contributed by atoms with Gasteiger partial charge in [0.1, 0.15) is 11.8 Å². The summed E-state index contributed by atoms with van der Waals surface area (Å²) in [6.07, 6.45) is 0.993. The number of pyridine rings is 1. The van der Waals surface area contributed by atoms with Crippen molar-refractivity contribution >= 4 is 0 Å². The molecule has 4 nitrogen and oxygen atoms in total. The zero-order valence-corrected chi connectivity index (χ0v) is 9.87. The number of aliphatic hydroxyl groups is 1. The summed E-state index contributed by atoms with van der Waals surface area (Å²) in [5.41, 5.74) is 1.18. The highest BCUT2D eigenvalue weighted by Crippen LogP contribution is 2.23. The largest absolute Gasteiger partial charge is 0.438 e. The molecule has 1 unspecified atom stereocenters. The molecule has 1 aromatic carbocycles. The Bertz CT molecular complexity index is 571. The van der Waals surface area contributed by atoms with Gasteiger partial charge in [-0.05, 0) is 30.7 Å². The van der Waals surface area contributed by atoms with Gasteiger partial charge in [0.25, 0.3) is 0 Å². The highest BCUT2D eigenvalue weighted by atomic mass is 16.5. The van der Waals surface area contributed by atoms with Crippen LogP contribution in [-0.4, -0.2) is 10.1 Å². The van der Waals surface area contributed by atoms with Crippen LogP contribution in [0.25, 0.3) is 0 Å². The fraction of sp³-hybridized carbons (Fsp3) is 0.143. The number of nitrogens with zero attached hydrogens (tertiary/aromatic N) is 2. The number of hydrogen-bond acceptors (Lipinski definition) is 4. The first-order valence-corrected chi connectivity index (χ1v) is 5.51. The Labute approximate surface area is 105 Å². The van der Waals surface area contributed by atoms with E-state index in [1.54, 1.807) is 49.5 Å². The zero-order chi connectivity index (χ0) is 13.0. The normalized spacial score (nSPS) is 11.6. The van der Waals surface area contributed by atoms with Crippen LogP contribution in [0.3, 0.4) is 0 Å². The Hall–Kier alpha value is -2.38. The lowest BCUT2D eigenvalue weighted by molar-refractivity contribution is 0.198. The Morgan fingerprint density at radius 2 is 2.06 bits per heavy atom. The van der Waals surface area contributed by atoms with Crippen LogP contribution in [-0.2, 0) is 0 Å². The second kappa shape index (κ2) is 5.30. The van der Waals surface area contributed by atoms with Gasteiger partial charge in [0.05, 0.1) is 11.7 Å². The third-order valence-corrected chi connectivity index (χ3v) is 2.46. The number of para-hydroxylation sites is 1. The van der Waals surface area contributed by atoms with Crippen molar-refractivity contribution in [3.63, 3.8) is 0 Å². The van der Waals surface area contributed by atoms with E-state index in [0.717, 1.165) is 5.56 Å². The molecule has 0 aliphatic carbocycles. The van der Waals surface area contributed by atoms with Crippen LogP contribution in [0.2, 0.25) is 0 Å². The first-order chi connectivity index (χ1) is 8.70. The summed E-state index contributed by atoms with van der Waals surface area (Å²) < 4.78 is 5.52. The highest BCUT2D eigenvalue weighted by Gasteiger charge is 2.05. The fourth-order valence-electron chi connectivity index (χ4n) is 1.46. The van der Waals surface area contributed by atoms with Crippen LogP contribution in [0.15, 0.2) is 42.6 Å². The molecule has 0 saturated heterocycles. The molecule has 0 bridgehead atoms. The summed E-state index contributed by atoms with van der Waals surface area (Å²) in [5, 5.41) is 18.3. The molecule has 2 rings (SSSR count). The summed E-state index contributed by atoms with van der Waals surface area (Å²) in [6.45, 7) is 1.67. The van der Waals surface area contributed by atoms with Crippen molar-refractivity contribution in [2.45, 2.75) is 13.0 Å². The van der Waals surface area contributed by atoms with E-state index in [-0.39, 0.29) is 0 Å². The number of aliphatic hydroxyl groups excluding tert-OH is 1. The number of ether oxygens (including phenoxy) is 1. The molecule has 0 aliphatic rings. The monoisotopic (exact) mass is 240 g/mol. The van der Waals surface area contributed by atoms with E-state index in [9.17, 15) is 5.11 Å². The molecule has 0 fully saturated rings. The predicted molar refractivity (Wildman–Crippen MR) is 66.1 cm³/mol. The maximum Gasteiger partial charge on any atom is 0.219 e. The van der Waals surface area contributed by atoms with Gasteiger partial charge in [0.2, 0.25) is 5.88 Å². The second-order valence-corrected chi connectivity index (χ2v) is 3.82. The lowest BCUT2D eigenvalue weighted by Gasteiger charge is -2.08. The van der Waals surface area contributed by atoms with Crippen LogP contribution in [0.4, 0.5) is 0 Å².